The summed E-state index contributed by atoms with van der Waals surface area (Å²) in [6, 6.07) is 16.2. The van der Waals surface area contributed by atoms with Crippen LogP contribution in [0.15, 0.2) is 67.1 Å². The van der Waals surface area contributed by atoms with Crippen molar-refractivity contribution in [2.24, 2.45) is 0 Å². The molecule has 4 aromatic heterocycles. The fourth-order valence-corrected chi connectivity index (χ4v) is 6.17. The molecule has 1 saturated heterocycles. The van der Waals surface area contributed by atoms with E-state index in [0.717, 1.165) is 40.7 Å². The zero-order valence-electron chi connectivity index (χ0n) is 24.5. The Morgan fingerprint density at radius 3 is 2.65 bits per heavy atom. The summed E-state index contributed by atoms with van der Waals surface area (Å²) in [5.74, 6) is -0.226. The van der Waals surface area contributed by atoms with Crippen LogP contribution in [0.2, 0.25) is 0 Å². The van der Waals surface area contributed by atoms with Crippen LogP contribution >= 0.6 is 0 Å². The maximum absolute atomic E-state index is 13.5. The number of pyridine rings is 1. The first-order valence-corrected chi connectivity index (χ1v) is 14.6. The summed E-state index contributed by atoms with van der Waals surface area (Å²) in [5, 5.41) is 9.10. The second-order valence-electron chi connectivity index (χ2n) is 11.3. The number of ether oxygens (including phenoxy) is 3. The molecule has 1 aliphatic carbocycles. The van der Waals surface area contributed by atoms with E-state index in [1.165, 1.54) is 0 Å². The molecule has 1 aromatic carbocycles. The molecule has 1 aliphatic heterocycles. The average Bonchev–Trinajstić information content (AvgIpc) is 3.76. The van der Waals surface area contributed by atoms with Crippen molar-refractivity contribution in [2.75, 3.05) is 39.4 Å². The van der Waals surface area contributed by atoms with Crippen molar-refractivity contribution in [3.05, 3.63) is 78.4 Å². The minimum absolute atomic E-state index is 0.0216. The molecule has 1 N–H and O–H groups in total. The van der Waals surface area contributed by atoms with Crippen molar-refractivity contribution in [3.8, 4) is 11.3 Å². The van der Waals surface area contributed by atoms with Gasteiger partial charge in [-0.3, -0.25) is 4.79 Å². The average molecular weight is 582 g/mol. The smallest absolute Gasteiger partial charge is 0.271 e. The molecule has 43 heavy (non-hydrogen) atoms. The van der Waals surface area contributed by atoms with Crippen LogP contribution in [-0.2, 0) is 20.8 Å². The summed E-state index contributed by atoms with van der Waals surface area (Å²) < 4.78 is 20.8. The van der Waals surface area contributed by atoms with Crippen molar-refractivity contribution in [3.63, 3.8) is 0 Å². The molecule has 4 atom stereocenters. The van der Waals surface area contributed by atoms with Gasteiger partial charge in [0, 0.05) is 51.2 Å². The van der Waals surface area contributed by atoms with E-state index in [1.54, 1.807) is 31.1 Å². The molecule has 5 aromatic rings. The van der Waals surface area contributed by atoms with Crippen LogP contribution in [0.4, 0.5) is 5.69 Å². The number of anilines is 1. The van der Waals surface area contributed by atoms with E-state index in [0.29, 0.717) is 36.8 Å². The van der Waals surface area contributed by atoms with Gasteiger partial charge in [-0.2, -0.15) is 5.10 Å². The summed E-state index contributed by atoms with van der Waals surface area (Å²) >= 11 is 0. The van der Waals surface area contributed by atoms with Crippen LogP contribution in [0.3, 0.4) is 0 Å². The molecule has 2 aliphatic rings. The number of benzene rings is 1. The molecule has 0 radical (unpaired) electrons. The summed E-state index contributed by atoms with van der Waals surface area (Å²) in [7, 11) is 5.42. The third-order valence-corrected chi connectivity index (χ3v) is 8.71. The summed E-state index contributed by atoms with van der Waals surface area (Å²) in [4.78, 5) is 25.1. The molecule has 2 fully saturated rings. The van der Waals surface area contributed by atoms with E-state index in [4.69, 9.17) is 29.3 Å². The summed E-state index contributed by atoms with van der Waals surface area (Å²) in [6.45, 7) is 1.72. The van der Waals surface area contributed by atoms with Gasteiger partial charge in [-0.15, -0.1) is 0 Å². The Hall–Kier alpha value is -4.32. The number of nitrogens with zero attached hydrogens (tertiary/aromatic N) is 6. The molecular weight excluding hydrogens is 546 g/mol. The number of hydrogen-bond acceptors (Lipinski definition) is 8. The standard InChI is InChI=1S/C32H35N7O4/c1-37(16-20-8-5-4-6-9-20)25-14-24(36-39-26(15-34-31(25)39)32(40)35-23-11-12-28(23)41-2)22-17-38(27-18-43-19-29(27)42-3)30-21(22)10-7-13-33-30/h4-10,13-15,17,23,27-29H,11-12,16,18-19H2,1-3H3,(H,35,40)/t23-,27-,28-,29-/m0/s1. The lowest BCUT2D eigenvalue weighted by atomic mass is 9.89. The Morgan fingerprint density at radius 1 is 1.05 bits per heavy atom. The third kappa shape index (κ3) is 4.93. The van der Waals surface area contributed by atoms with E-state index in [-0.39, 0.29) is 30.2 Å². The maximum Gasteiger partial charge on any atom is 0.271 e. The Morgan fingerprint density at radius 2 is 1.88 bits per heavy atom. The van der Waals surface area contributed by atoms with Crippen LogP contribution in [0.1, 0.15) is 34.9 Å². The van der Waals surface area contributed by atoms with Gasteiger partial charge < -0.3 is 29.0 Å². The molecule has 11 nitrogen and oxygen atoms in total. The van der Waals surface area contributed by atoms with Crippen LogP contribution in [0, 0.1) is 0 Å². The molecule has 1 saturated carbocycles. The van der Waals surface area contributed by atoms with Crippen molar-refractivity contribution in [1.29, 1.82) is 0 Å². The minimum atomic E-state index is -0.226. The Kier molecular flexibility index (Phi) is 7.29. The van der Waals surface area contributed by atoms with E-state index >= 15 is 0 Å². The number of nitrogens with one attached hydrogen (secondary N) is 1. The lowest BCUT2D eigenvalue weighted by molar-refractivity contribution is 0.00718. The van der Waals surface area contributed by atoms with Gasteiger partial charge in [-0.25, -0.2) is 14.5 Å². The van der Waals surface area contributed by atoms with Gasteiger partial charge in [0.15, 0.2) is 11.3 Å². The number of fused-ring (bicyclic) bond motifs is 2. The van der Waals surface area contributed by atoms with Crippen LogP contribution in [-0.4, -0.2) is 82.8 Å². The quantitative estimate of drug-likeness (QED) is 0.280. The molecule has 222 valence electrons. The molecule has 0 spiro atoms. The predicted octanol–water partition coefficient (Wildman–Crippen LogP) is 3.88. The van der Waals surface area contributed by atoms with Gasteiger partial charge in [-0.1, -0.05) is 30.3 Å². The summed E-state index contributed by atoms with van der Waals surface area (Å²) in [6.07, 6.45) is 7.22. The topological polar surface area (TPSA) is 108 Å². The second kappa shape index (κ2) is 11.4. The highest BCUT2D eigenvalue weighted by Gasteiger charge is 2.34. The van der Waals surface area contributed by atoms with E-state index in [1.807, 2.05) is 43.4 Å². The first-order valence-electron chi connectivity index (χ1n) is 14.6. The highest BCUT2D eigenvalue weighted by atomic mass is 16.5. The fourth-order valence-electron chi connectivity index (χ4n) is 6.17. The van der Waals surface area contributed by atoms with E-state index in [9.17, 15) is 4.79 Å². The molecule has 1 amide bonds. The fraction of sp³-hybridized carbons (Fsp3) is 0.375. The minimum Gasteiger partial charge on any atom is -0.379 e. The number of hydrogen-bond donors (Lipinski definition) is 1. The number of aromatic nitrogens is 5. The zero-order chi connectivity index (χ0) is 29.5. The van der Waals surface area contributed by atoms with E-state index in [2.05, 4.69) is 33.1 Å². The van der Waals surface area contributed by atoms with Gasteiger partial charge >= 0.3 is 0 Å². The second-order valence-corrected chi connectivity index (χ2v) is 11.3. The zero-order valence-corrected chi connectivity index (χ0v) is 24.5. The van der Waals surface area contributed by atoms with Gasteiger partial charge in [0.05, 0.1) is 49.0 Å². The third-order valence-electron chi connectivity index (χ3n) is 8.71. The van der Waals surface area contributed by atoms with Gasteiger partial charge in [0.25, 0.3) is 5.91 Å². The maximum atomic E-state index is 13.5. The van der Waals surface area contributed by atoms with Crippen molar-refractivity contribution in [2.45, 2.75) is 43.7 Å². The molecule has 7 rings (SSSR count). The SMILES string of the molecule is CO[C@H]1CC[C@@H]1NC(=O)c1cnc2c(N(C)Cc3ccccc3)cc(-c3cn([C@H]4COC[C@@H]4OC)c4ncccc34)nn12. The first-order chi connectivity index (χ1) is 21.1. The Balaban J connectivity index is 1.36. The summed E-state index contributed by atoms with van der Waals surface area (Å²) in [5.41, 5.74) is 5.44. The van der Waals surface area contributed by atoms with E-state index < -0.39 is 0 Å². The van der Waals surface area contributed by atoms with Crippen molar-refractivity contribution < 1.29 is 19.0 Å². The van der Waals surface area contributed by atoms with Crippen molar-refractivity contribution >= 4 is 28.3 Å². The molecule has 11 heteroatoms. The first kappa shape index (κ1) is 27.5. The normalized spacial score (nSPS) is 21.7. The van der Waals surface area contributed by atoms with Gasteiger partial charge in [0.1, 0.15) is 11.8 Å². The molecular formula is C32H35N7O4. The number of methoxy groups -OCH3 is 2. The molecule has 0 unspecified atom stereocenters. The lowest BCUT2D eigenvalue weighted by Crippen LogP contribution is -2.51. The largest absolute Gasteiger partial charge is 0.379 e. The number of carbonyl (C=O) groups is 1. The van der Waals surface area contributed by atoms with Crippen LogP contribution in [0.25, 0.3) is 27.9 Å². The van der Waals surface area contributed by atoms with Crippen molar-refractivity contribution in [1.82, 2.24) is 29.5 Å². The number of imidazole rings is 1. The Labute approximate surface area is 249 Å². The lowest BCUT2D eigenvalue weighted by Gasteiger charge is -2.35. The highest BCUT2D eigenvalue weighted by molar-refractivity contribution is 5.96. The number of rotatable bonds is 9. The van der Waals surface area contributed by atoms with Crippen LogP contribution in [0.5, 0.6) is 0 Å². The predicted molar refractivity (Wildman–Crippen MR) is 162 cm³/mol. The van der Waals surface area contributed by atoms with Crippen LogP contribution < -0.4 is 10.2 Å². The Bertz CT molecular complexity index is 1770. The molecule has 5 heterocycles. The number of amides is 1. The highest BCUT2D eigenvalue weighted by Crippen LogP contribution is 2.36. The number of carbonyl (C=O) groups excluding carboxylic acids is 1. The van der Waals surface area contributed by atoms with Gasteiger partial charge in [-0.05, 0) is 36.6 Å². The molecule has 0 bridgehead atoms. The monoisotopic (exact) mass is 581 g/mol. The van der Waals surface area contributed by atoms with Gasteiger partial charge in [0.2, 0.25) is 0 Å².